The highest BCUT2D eigenvalue weighted by molar-refractivity contribution is 8.01. The van der Waals surface area contributed by atoms with Crippen molar-refractivity contribution in [3.8, 4) is 5.75 Å². The van der Waals surface area contributed by atoms with Gasteiger partial charge >= 0.3 is 0 Å². The van der Waals surface area contributed by atoms with Crippen molar-refractivity contribution in [2.75, 3.05) is 12.8 Å². The largest absolute Gasteiger partial charge is 0.497 e. The standard InChI is InChI=1S/C14H12N2OS2/c1-17-10-3-2-4-11(8-10)18-14-16-12-6-5-9(15)7-13(12)19-14/h2-8H,15H2,1H3. The Bertz CT molecular complexity index is 724. The number of methoxy groups -OCH3 is 1. The second kappa shape index (κ2) is 5.11. The zero-order valence-electron chi connectivity index (χ0n) is 10.3. The molecule has 0 bridgehead atoms. The summed E-state index contributed by atoms with van der Waals surface area (Å²) in [6.07, 6.45) is 0. The summed E-state index contributed by atoms with van der Waals surface area (Å²) in [5.74, 6) is 0.857. The fourth-order valence-electron chi connectivity index (χ4n) is 1.73. The van der Waals surface area contributed by atoms with E-state index in [0.717, 1.165) is 30.9 Å². The lowest BCUT2D eigenvalue weighted by molar-refractivity contribution is 0.413. The number of nitrogen functional groups attached to an aromatic ring is 1. The number of anilines is 1. The van der Waals surface area contributed by atoms with Crippen LogP contribution in [0, 0.1) is 0 Å². The fraction of sp³-hybridized carbons (Fsp3) is 0.0714. The maximum absolute atomic E-state index is 5.78. The zero-order valence-corrected chi connectivity index (χ0v) is 11.9. The number of aromatic nitrogens is 1. The van der Waals surface area contributed by atoms with Gasteiger partial charge in [0, 0.05) is 10.6 Å². The van der Waals surface area contributed by atoms with Crippen LogP contribution in [-0.4, -0.2) is 12.1 Å². The molecule has 3 rings (SSSR count). The lowest BCUT2D eigenvalue weighted by atomic mass is 10.3. The van der Waals surface area contributed by atoms with Crippen molar-refractivity contribution in [3.63, 3.8) is 0 Å². The molecule has 0 aliphatic rings. The molecule has 0 unspecified atom stereocenters. The summed E-state index contributed by atoms with van der Waals surface area (Å²) < 4.78 is 7.34. The number of hydrogen-bond donors (Lipinski definition) is 1. The summed E-state index contributed by atoms with van der Waals surface area (Å²) in [6.45, 7) is 0. The fourth-order valence-corrected chi connectivity index (χ4v) is 3.87. The summed E-state index contributed by atoms with van der Waals surface area (Å²) in [5.41, 5.74) is 7.54. The Morgan fingerprint density at radius 3 is 2.95 bits per heavy atom. The number of rotatable bonds is 3. The van der Waals surface area contributed by atoms with Crippen LogP contribution in [0.2, 0.25) is 0 Å². The minimum absolute atomic E-state index is 0.772. The quantitative estimate of drug-likeness (QED) is 0.739. The first kappa shape index (κ1) is 12.3. The van der Waals surface area contributed by atoms with Crippen LogP contribution in [-0.2, 0) is 0 Å². The van der Waals surface area contributed by atoms with Crippen LogP contribution in [0.1, 0.15) is 0 Å². The molecular weight excluding hydrogens is 276 g/mol. The van der Waals surface area contributed by atoms with Crippen molar-refractivity contribution in [3.05, 3.63) is 42.5 Å². The molecule has 96 valence electrons. The molecule has 0 atom stereocenters. The molecule has 3 nitrogen and oxygen atoms in total. The third-order valence-electron chi connectivity index (χ3n) is 2.64. The lowest BCUT2D eigenvalue weighted by Gasteiger charge is -2.01. The van der Waals surface area contributed by atoms with Gasteiger partial charge in [0.1, 0.15) is 5.75 Å². The SMILES string of the molecule is COc1cccc(Sc2nc3ccc(N)cc3s2)c1. The van der Waals surface area contributed by atoms with Gasteiger partial charge in [-0.15, -0.1) is 11.3 Å². The van der Waals surface area contributed by atoms with Crippen LogP contribution in [0.5, 0.6) is 5.75 Å². The number of ether oxygens (including phenoxy) is 1. The number of nitrogens with zero attached hydrogens (tertiary/aromatic N) is 1. The number of nitrogens with two attached hydrogens (primary N) is 1. The molecule has 0 fully saturated rings. The molecule has 1 aromatic heterocycles. The van der Waals surface area contributed by atoms with Gasteiger partial charge in [-0.3, -0.25) is 0 Å². The highest BCUT2D eigenvalue weighted by Gasteiger charge is 2.06. The van der Waals surface area contributed by atoms with Crippen molar-refractivity contribution in [1.82, 2.24) is 4.98 Å². The highest BCUT2D eigenvalue weighted by Crippen LogP contribution is 2.35. The van der Waals surface area contributed by atoms with E-state index in [4.69, 9.17) is 10.5 Å². The third-order valence-corrected chi connectivity index (χ3v) is 4.71. The van der Waals surface area contributed by atoms with Crippen molar-refractivity contribution in [2.45, 2.75) is 9.24 Å². The van der Waals surface area contributed by atoms with Gasteiger partial charge in [-0.1, -0.05) is 17.8 Å². The molecule has 1 heterocycles. The molecule has 0 saturated carbocycles. The first-order valence-electron chi connectivity index (χ1n) is 5.72. The van der Waals surface area contributed by atoms with Crippen molar-refractivity contribution >= 4 is 39.0 Å². The Kier molecular flexibility index (Phi) is 3.31. The van der Waals surface area contributed by atoms with Crippen molar-refractivity contribution in [2.24, 2.45) is 0 Å². The number of hydrogen-bond acceptors (Lipinski definition) is 5. The van der Waals surface area contributed by atoms with E-state index >= 15 is 0 Å². The van der Waals surface area contributed by atoms with E-state index in [9.17, 15) is 0 Å². The Morgan fingerprint density at radius 2 is 2.11 bits per heavy atom. The Labute approximate surface area is 119 Å². The van der Waals surface area contributed by atoms with E-state index in [1.165, 1.54) is 0 Å². The monoisotopic (exact) mass is 288 g/mol. The van der Waals surface area contributed by atoms with Crippen LogP contribution < -0.4 is 10.5 Å². The summed E-state index contributed by atoms with van der Waals surface area (Å²) in [5, 5.41) is 0. The second-order valence-electron chi connectivity index (χ2n) is 3.99. The number of fused-ring (bicyclic) bond motifs is 1. The first-order valence-corrected chi connectivity index (χ1v) is 7.36. The van der Waals surface area contributed by atoms with E-state index in [1.54, 1.807) is 30.2 Å². The summed E-state index contributed by atoms with van der Waals surface area (Å²) in [6, 6.07) is 13.8. The van der Waals surface area contributed by atoms with Crippen molar-refractivity contribution < 1.29 is 4.74 Å². The van der Waals surface area contributed by atoms with Crippen molar-refractivity contribution in [1.29, 1.82) is 0 Å². The maximum Gasteiger partial charge on any atom is 0.155 e. The van der Waals surface area contributed by atoms with Gasteiger partial charge in [0.2, 0.25) is 0 Å². The number of benzene rings is 2. The van der Waals surface area contributed by atoms with E-state index in [0.29, 0.717) is 0 Å². The molecule has 0 aliphatic carbocycles. The van der Waals surface area contributed by atoms with Gasteiger partial charge < -0.3 is 10.5 Å². The van der Waals surface area contributed by atoms with Gasteiger partial charge in [-0.2, -0.15) is 0 Å². The molecule has 19 heavy (non-hydrogen) atoms. The van der Waals surface area contributed by atoms with Gasteiger partial charge in [0.25, 0.3) is 0 Å². The molecule has 0 radical (unpaired) electrons. The summed E-state index contributed by atoms with van der Waals surface area (Å²) >= 11 is 3.29. The van der Waals surface area contributed by atoms with Crippen LogP contribution >= 0.6 is 23.1 Å². The summed E-state index contributed by atoms with van der Waals surface area (Å²) in [7, 11) is 1.67. The normalized spacial score (nSPS) is 10.8. The average molecular weight is 288 g/mol. The summed E-state index contributed by atoms with van der Waals surface area (Å²) in [4.78, 5) is 5.71. The lowest BCUT2D eigenvalue weighted by Crippen LogP contribution is -1.82. The average Bonchev–Trinajstić information content (AvgIpc) is 2.80. The topological polar surface area (TPSA) is 48.1 Å². The van der Waals surface area contributed by atoms with Crippen LogP contribution in [0.25, 0.3) is 10.2 Å². The van der Waals surface area contributed by atoms with Gasteiger partial charge in [-0.25, -0.2) is 4.98 Å². The minimum atomic E-state index is 0.772. The smallest absolute Gasteiger partial charge is 0.155 e. The Morgan fingerprint density at radius 1 is 1.21 bits per heavy atom. The van der Waals surface area contributed by atoms with E-state index in [-0.39, 0.29) is 0 Å². The van der Waals surface area contributed by atoms with Crippen LogP contribution in [0.3, 0.4) is 0 Å². The molecule has 3 aromatic rings. The molecule has 0 saturated heterocycles. The van der Waals surface area contributed by atoms with Crippen LogP contribution in [0.4, 0.5) is 5.69 Å². The second-order valence-corrected chi connectivity index (χ2v) is 6.34. The van der Waals surface area contributed by atoms with E-state index in [1.807, 2.05) is 42.5 Å². The zero-order chi connectivity index (χ0) is 13.2. The predicted octanol–water partition coefficient (Wildman–Crippen LogP) is 4.04. The predicted molar refractivity (Wildman–Crippen MR) is 81.1 cm³/mol. The van der Waals surface area contributed by atoms with Gasteiger partial charge in [0.05, 0.1) is 17.3 Å². The molecule has 0 aliphatic heterocycles. The first-order chi connectivity index (χ1) is 9.24. The van der Waals surface area contributed by atoms with E-state index < -0.39 is 0 Å². The van der Waals surface area contributed by atoms with Gasteiger partial charge in [0.15, 0.2) is 4.34 Å². The molecule has 5 heteroatoms. The molecule has 2 N–H and O–H groups in total. The third kappa shape index (κ3) is 2.67. The Balaban J connectivity index is 1.92. The molecule has 2 aromatic carbocycles. The molecular formula is C14H12N2OS2. The van der Waals surface area contributed by atoms with Gasteiger partial charge in [-0.05, 0) is 36.4 Å². The van der Waals surface area contributed by atoms with Crippen LogP contribution in [0.15, 0.2) is 51.7 Å². The molecule has 0 spiro atoms. The highest BCUT2D eigenvalue weighted by atomic mass is 32.2. The minimum Gasteiger partial charge on any atom is -0.497 e. The maximum atomic E-state index is 5.78. The molecule has 0 amide bonds. The van der Waals surface area contributed by atoms with E-state index in [2.05, 4.69) is 4.98 Å². The Hall–Kier alpha value is -1.72. The number of thiazole rings is 1.